The Labute approximate surface area is 89.3 Å². The Morgan fingerprint density at radius 2 is 1.69 bits per heavy atom. The van der Waals surface area contributed by atoms with E-state index < -0.39 is 3.94 Å². The fourth-order valence-corrected chi connectivity index (χ4v) is 0.560. The predicted octanol–water partition coefficient (Wildman–Crippen LogP) is 2.20. The quantitative estimate of drug-likeness (QED) is 0.402. The van der Waals surface area contributed by atoms with E-state index in [9.17, 15) is 0 Å². The van der Waals surface area contributed by atoms with Crippen molar-refractivity contribution in [2.75, 3.05) is 0 Å². The van der Waals surface area contributed by atoms with Crippen LogP contribution in [0.3, 0.4) is 0 Å². The van der Waals surface area contributed by atoms with Gasteiger partial charge in [-0.1, -0.05) is 29.8 Å². The molecule has 0 N–H and O–H groups in total. The number of benzene rings is 1. The van der Waals surface area contributed by atoms with Crippen LogP contribution in [0.25, 0.3) is 0 Å². The predicted molar refractivity (Wildman–Crippen MR) is 45.1 cm³/mol. The molecule has 1 rings (SSSR count). The Bertz CT molecular complexity index is 249. The van der Waals surface area contributed by atoms with E-state index in [0.717, 1.165) is 5.02 Å². The number of nitrogens with zero attached hydrogens (tertiary/aromatic N) is 2. The van der Waals surface area contributed by atoms with Crippen LogP contribution in [-0.4, -0.2) is 3.94 Å². The van der Waals surface area contributed by atoms with Crippen LogP contribution in [0.1, 0.15) is 0 Å². The van der Waals surface area contributed by atoms with Crippen LogP contribution in [0.4, 0.5) is 0 Å². The molecule has 0 bridgehead atoms. The maximum atomic E-state index is 8.61. The van der Waals surface area contributed by atoms with Gasteiger partial charge in [0, 0.05) is 11.6 Å². The molecule has 0 aliphatic rings. The molecule has 4 nitrogen and oxygen atoms in total. The van der Waals surface area contributed by atoms with Crippen molar-refractivity contribution >= 4 is 11.6 Å². The SMILES string of the molecule is C#N.Clc1ccccc1.O=[N+]([O-])[Cu]. The number of nitriles is 1. The Hall–Kier alpha value is -1.08. The number of nitro groups is 1. The molecule has 0 aliphatic heterocycles. The normalized spacial score (nSPS) is 6.85. The minimum atomic E-state index is -0.938. The molecule has 1 aromatic carbocycles. The van der Waals surface area contributed by atoms with Crippen LogP contribution in [0.2, 0.25) is 5.02 Å². The first kappa shape index (κ1) is 14.4. The molecule has 13 heavy (non-hydrogen) atoms. The standard InChI is InChI=1S/C6H5Cl.CHN.Cu.NO2/c7-6-4-2-1-3-5-6;1-2;;2-1-3/h1-5H;1H;;. The molecule has 6 heteroatoms. The zero-order valence-corrected chi connectivity index (χ0v) is 8.05. The first-order valence-corrected chi connectivity index (χ1v) is 3.66. The van der Waals surface area contributed by atoms with Crippen molar-refractivity contribution < 1.29 is 20.2 Å². The van der Waals surface area contributed by atoms with Crippen LogP contribution in [-0.2, 0) is 16.2 Å². The van der Waals surface area contributed by atoms with Gasteiger partial charge in [0.05, 0.1) is 0 Å². The third-order valence-corrected chi connectivity index (χ3v) is 0.985. The molecule has 0 aliphatic carbocycles. The third kappa shape index (κ3) is 18.1. The van der Waals surface area contributed by atoms with E-state index in [1.54, 1.807) is 0 Å². The van der Waals surface area contributed by atoms with Crippen molar-refractivity contribution in [3.05, 3.63) is 45.5 Å². The van der Waals surface area contributed by atoms with Crippen LogP contribution >= 0.6 is 11.6 Å². The third-order valence-electron chi connectivity index (χ3n) is 0.733. The van der Waals surface area contributed by atoms with Crippen LogP contribution in [0, 0.1) is 21.9 Å². The minimum absolute atomic E-state index is 0.794. The molecule has 0 spiro atoms. The molecule has 0 heterocycles. The summed E-state index contributed by atoms with van der Waals surface area (Å²) in [5, 5.41) is 15.9. The Balaban J connectivity index is 0. The summed E-state index contributed by atoms with van der Waals surface area (Å²) in [4.78, 5) is 8.61. The van der Waals surface area contributed by atoms with E-state index in [2.05, 4.69) is 22.8 Å². The van der Waals surface area contributed by atoms with Crippen molar-refractivity contribution in [2.45, 2.75) is 0 Å². The average Bonchev–Trinajstić information content (AvgIpc) is 2.08. The van der Waals surface area contributed by atoms with Crippen molar-refractivity contribution in [1.29, 1.82) is 5.26 Å². The number of rotatable bonds is 0. The second-order valence-electron chi connectivity index (χ2n) is 1.48. The number of hydrogen-bond donors (Lipinski definition) is 0. The summed E-state index contributed by atoms with van der Waals surface area (Å²) in [6.45, 7) is 3.50. The molecule has 0 atom stereocenters. The molecule has 0 aromatic heterocycles. The Morgan fingerprint density at radius 3 is 1.85 bits per heavy atom. The zero-order valence-electron chi connectivity index (χ0n) is 6.35. The molecular formula is C7H6ClCuN2O2. The summed E-state index contributed by atoms with van der Waals surface area (Å²) >= 11 is 9.00. The number of hydrogen-bond acceptors (Lipinski definition) is 3. The van der Waals surface area contributed by atoms with Crippen molar-refractivity contribution in [3.8, 4) is 6.57 Å². The van der Waals surface area contributed by atoms with Crippen LogP contribution in [0.5, 0.6) is 0 Å². The molecular weight excluding hydrogens is 243 g/mol. The summed E-state index contributed by atoms with van der Waals surface area (Å²) < 4.78 is -0.938. The summed E-state index contributed by atoms with van der Waals surface area (Å²) in [5.41, 5.74) is 0. The fraction of sp³-hybridized carbons (Fsp3) is 0. The van der Waals surface area contributed by atoms with Gasteiger partial charge in [-0.3, -0.25) is 0 Å². The monoisotopic (exact) mass is 248 g/mol. The Kier molecular flexibility index (Phi) is 12.1. The van der Waals surface area contributed by atoms with Gasteiger partial charge in [0.2, 0.25) is 0 Å². The molecule has 1 aromatic rings. The second kappa shape index (κ2) is 10.9. The average molecular weight is 249 g/mol. The van der Waals surface area contributed by atoms with Gasteiger partial charge in [0.15, 0.2) is 0 Å². The van der Waals surface area contributed by atoms with E-state index >= 15 is 0 Å². The summed E-state index contributed by atoms with van der Waals surface area (Å²) in [6, 6.07) is 9.44. The van der Waals surface area contributed by atoms with Crippen LogP contribution in [0.15, 0.2) is 30.3 Å². The molecule has 0 amide bonds. The maximum absolute atomic E-state index is 8.61. The van der Waals surface area contributed by atoms with Crippen LogP contribution < -0.4 is 0 Å². The molecule has 74 valence electrons. The van der Waals surface area contributed by atoms with Gasteiger partial charge >= 0.3 is 30.3 Å². The van der Waals surface area contributed by atoms with Gasteiger partial charge < -0.3 is 0 Å². The van der Waals surface area contributed by atoms with Gasteiger partial charge in [-0.25, -0.2) is 5.26 Å². The molecule has 0 saturated heterocycles. The first-order valence-electron chi connectivity index (χ1n) is 2.86. The molecule has 0 saturated carbocycles. The zero-order chi connectivity index (χ0) is 10.7. The number of halogens is 1. The fourth-order valence-electron chi connectivity index (χ4n) is 0.415. The van der Waals surface area contributed by atoms with Gasteiger partial charge in [0.25, 0.3) is 0 Å². The van der Waals surface area contributed by atoms with Gasteiger partial charge in [-0.2, -0.15) is 0 Å². The first-order chi connectivity index (χ1) is 6.13. The summed E-state index contributed by atoms with van der Waals surface area (Å²) in [5.74, 6) is 0. The van der Waals surface area contributed by atoms with E-state index in [1.165, 1.54) is 0 Å². The van der Waals surface area contributed by atoms with Crippen molar-refractivity contribution in [1.82, 2.24) is 0 Å². The topological polar surface area (TPSA) is 66.9 Å². The van der Waals surface area contributed by atoms with E-state index in [4.69, 9.17) is 27.0 Å². The molecule has 0 fully saturated rings. The van der Waals surface area contributed by atoms with E-state index in [1.807, 2.05) is 30.3 Å². The second-order valence-corrected chi connectivity index (χ2v) is 2.26. The van der Waals surface area contributed by atoms with E-state index in [0.29, 0.717) is 0 Å². The molecule has 0 radical (unpaired) electrons. The van der Waals surface area contributed by atoms with Gasteiger partial charge in [0.1, 0.15) is 0 Å². The van der Waals surface area contributed by atoms with Gasteiger partial charge in [-0.05, 0) is 12.1 Å². The van der Waals surface area contributed by atoms with Crippen molar-refractivity contribution in [3.63, 3.8) is 0 Å². The van der Waals surface area contributed by atoms with Gasteiger partial charge in [-0.15, -0.1) is 0 Å². The molecule has 0 unspecified atom stereocenters. The summed E-state index contributed by atoms with van der Waals surface area (Å²) in [7, 11) is 0. The summed E-state index contributed by atoms with van der Waals surface area (Å²) in [6.07, 6.45) is 0. The Morgan fingerprint density at radius 1 is 1.38 bits per heavy atom. The van der Waals surface area contributed by atoms with Crippen molar-refractivity contribution in [2.24, 2.45) is 0 Å². The van der Waals surface area contributed by atoms with E-state index in [-0.39, 0.29) is 0 Å².